The van der Waals surface area contributed by atoms with E-state index in [9.17, 15) is 9.90 Å². The van der Waals surface area contributed by atoms with Crippen LogP contribution in [0.5, 0.6) is 5.88 Å². The Bertz CT molecular complexity index is 531. The third-order valence-electron chi connectivity index (χ3n) is 2.82. The van der Waals surface area contributed by atoms with Crippen LogP contribution in [0.2, 0.25) is 0 Å². The van der Waals surface area contributed by atoms with Crippen LogP contribution in [0.4, 0.5) is 0 Å². The normalized spacial score (nSPS) is 10.4. The first-order valence-electron chi connectivity index (χ1n) is 5.79. The molecule has 4 heteroatoms. The summed E-state index contributed by atoms with van der Waals surface area (Å²) >= 11 is 0. The number of benzene rings is 1. The van der Waals surface area contributed by atoms with E-state index in [0.717, 1.165) is 5.56 Å². The number of aromatic hydroxyl groups is 1. The first-order valence-corrected chi connectivity index (χ1v) is 5.79. The van der Waals surface area contributed by atoms with Crippen LogP contribution in [0.3, 0.4) is 0 Å². The van der Waals surface area contributed by atoms with E-state index in [2.05, 4.69) is 0 Å². The molecule has 0 saturated heterocycles. The summed E-state index contributed by atoms with van der Waals surface area (Å²) < 4.78 is 1.71. The minimum absolute atomic E-state index is 0.0307. The van der Waals surface area contributed by atoms with E-state index in [1.54, 1.807) is 16.8 Å². The molecule has 0 radical (unpaired) electrons. The van der Waals surface area contributed by atoms with Gasteiger partial charge in [0.2, 0.25) is 0 Å². The molecule has 1 heterocycles. The molecule has 2 rings (SSSR count). The molecular weight excluding hydrogens is 230 g/mol. The van der Waals surface area contributed by atoms with E-state index in [1.165, 1.54) is 0 Å². The van der Waals surface area contributed by atoms with Gasteiger partial charge in [0.05, 0.1) is 6.54 Å². The van der Waals surface area contributed by atoms with Gasteiger partial charge in [-0.05, 0) is 18.1 Å². The number of aromatic nitrogens is 1. The minimum Gasteiger partial charge on any atom is -0.494 e. The third kappa shape index (κ3) is 2.91. The van der Waals surface area contributed by atoms with Gasteiger partial charge in [-0.3, -0.25) is 4.79 Å². The fraction of sp³-hybridized carbons (Fsp3) is 0.214. The van der Waals surface area contributed by atoms with Gasteiger partial charge in [-0.25, -0.2) is 0 Å². The van der Waals surface area contributed by atoms with Crippen LogP contribution in [0.25, 0.3) is 0 Å². The first kappa shape index (κ1) is 12.2. The standard InChI is InChI=1S/C14H15NO3/c16-13(17)7-6-12-8-9-15(14(12)18)10-11-4-2-1-3-5-11/h1-5,8-9,18H,6-7,10H2,(H,16,17). The van der Waals surface area contributed by atoms with Gasteiger partial charge < -0.3 is 14.8 Å². The summed E-state index contributed by atoms with van der Waals surface area (Å²) in [4.78, 5) is 10.5. The highest BCUT2D eigenvalue weighted by Gasteiger charge is 2.09. The van der Waals surface area contributed by atoms with Crippen LogP contribution in [0.15, 0.2) is 42.6 Å². The Morgan fingerprint density at radius 3 is 2.56 bits per heavy atom. The molecule has 18 heavy (non-hydrogen) atoms. The molecule has 0 fully saturated rings. The van der Waals surface area contributed by atoms with Crippen molar-refractivity contribution in [3.8, 4) is 5.88 Å². The maximum atomic E-state index is 10.5. The molecule has 0 unspecified atom stereocenters. The van der Waals surface area contributed by atoms with Gasteiger partial charge >= 0.3 is 5.97 Å². The van der Waals surface area contributed by atoms with Crippen LogP contribution in [0.1, 0.15) is 17.5 Å². The van der Waals surface area contributed by atoms with Crippen molar-refractivity contribution in [1.82, 2.24) is 4.57 Å². The van der Waals surface area contributed by atoms with Crippen molar-refractivity contribution in [2.75, 3.05) is 0 Å². The SMILES string of the molecule is O=C(O)CCc1ccn(Cc2ccccc2)c1O. The lowest BCUT2D eigenvalue weighted by molar-refractivity contribution is -0.136. The molecule has 0 bridgehead atoms. The Morgan fingerprint density at radius 2 is 1.89 bits per heavy atom. The zero-order valence-electron chi connectivity index (χ0n) is 9.91. The molecule has 0 aliphatic rings. The van der Waals surface area contributed by atoms with Crippen LogP contribution in [-0.4, -0.2) is 20.7 Å². The number of hydrogen-bond acceptors (Lipinski definition) is 2. The second-order valence-electron chi connectivity index (χ2n) is 4.17. The largest absolute Gasteiger partial charge is 0.494 e. The van der Waals surface area contributed by atoms with Gasteiger partial charge in [-0.2, -0.15) is 0 Å². The first-order chi connectivity index (χ1) is 8.66. The average molecular weight is 245 g/mol. The highest BCUT2D eigenvalue weighted by molar-refractivity contribution is 5.67. The fourth-order valence-electron chi connectivity index (χ4n) is 1.85. The Kier molecular flexibility index (Phi) is 3.67. The molecule has 0 atom stereocenters. The molecule has 0 aliphatic heterocycles. The maximum absolute atomic E-state index is 10.5. The lowest BCUT2D eigenvalue weighted by atomic mass is 10.2. The quantitative estimate of drug-likeness (QED) is 0.849. The second-order valence-corrected chi connectivity index (χ2v) is 4.17. The van der Waals surface area contributed by atoms with Crippen molar-refractivity contribution in [3.05, 3.63) is 53.7 Å². The molecule has 0 aliphatic carbocycles. The second kappa shape index (κ2) is 5.40. The van der Waals surface area contributed by atoms with Crippen molar-refractivity contribution in [1.29, 1.82) is 0 Å². The van der Waals surface area contributed by atoms with Crippen LogP contribution >= 0.6 is 0 Å². The number of rotatable bonds is 5. The van der Waals surface area contributed by atoms with Gasteiger partial charge in [-0.1, -0.05) is 30.3 Å². The molecule has 1 aromatic carbocycles. The van der Waals surface area contributed by atoms with Gasteiger partial charge in [0.1, 0.15) is 0 Å². The van der Waals surface area contributed by atoms with Crippen LogP contribution in [0, 0.1) is 0 Å². The van der Waals surface area contributed by atoms with Gasteiger partial charge in [0.15, 0.2) is 5.88 Å². The van der Waals surface area contributed by atoms with Crippen molar-refractivity contribution in [3.63, 3.8) is 0 Å². The topological polar surface area (TPSA) is 62.5 Å². The molecule has 0 spiro atoms. The average Bonchev–Trinajstić information content (AvgIpc) is 2.70. The van der Waals surface area contributed by atoms with Crippen LogP contribution < -0.4 is 0 Å². The zero-order valence-corrected chi connectivity index (χ0v) is 9.91. The van der Waals surface area contributed by atoms with Crippen molar-refractivity contribution < 1.29 is 15.0 Å². The Hall–Kier alpha value is -2.23. The molecule has 4 nitrogen and oxygen atoms in total. The van der Waals surface area contributed by atoms with Crippen molar-refractivity contribution in [2.24, 2.45) is 0 Å². The number of nitrogens with zero attached hydrogens (tertiary/aromatic N) is 1. The van der Waals surface area contributed by atoms with E-state index in [-0.39, 0.29) is 12.3 Å². The highest BCUT2D eigenvalue weighted by atomic mass is 16.4. The summed E-state index contributed by atoms with van der Waals surface area (Å²) in [5.41, 5.74) is 1.77. The molecular formula is C14H15NO3. The molecule has 0 amide bonds. The lowest BCUT2D eigenvalue weighted by Crippen LogP contribution is -1.99. The number of carbonyl (C=O) groups is 1. The van der Waals surface area contributed by atoms with E-state index >= 15 is 0 Å². The Morgan fingerprint density at radius 1 is 1.17 bits per heavy atom. The predicted octanol–water partition coefficient (Wildman–Crippen LogP) is 2.26. The minimum atomic E-state index is -0.856. The molecule has 2 N–H and O–H groups in total. The Balaban J connectivity index is 2.08. The van der Waals surface area contributed by atoms with Crippen molar-refractivity contribution in [2.45, 2.75) is 19.4 Å². The molecule has 2 aromatic rings. The maximum Gasteiger partial charge on any atom is 0.303 e. The van der Waals surface area contributed by atoms with E-state index in [4.69, 9.17) is 5.11 Å². The number of aryl methyl sites for hydroxylation is 1. The van der Waals surface area contributed by atoms with Gasteiger partial charge in [0, 0.05) is 18.2 Å². The third-order valence-corrected chi connectivity index (χ3v) is 2.82. The number of aliphatic carboxylic acids is 1. The smallest absolute Gasteiger partial charge is 0.303 e. The summed E-state index contributed by atoms with van der Waals surface area (Å²) in [6.45, 7) is 0.583. The lowest BCUT2D eigenvalue weighted by Gasteiger charge is -2.06. The molecule has 1 aromatic heterocycles. The number of carboxylic acids is 1. The monoisotopic (exact) mass is 245 g/mol. The summed E-state index contributed by atoms with van der Waals surface area (Å²) in [5, 5.41) is 18.6. The summed E-state index contributed by atoms with van der Waals surface area (Å²) in [5.74, 6) is -0.703. The Labute approximate surface area is 105 Å². The number of hydrogen-bond donors (Lipinski definition) is 2. The van der Waals surface area contributed by atoms with E-state index in [1.807, 2.05) is 30.3 Å². The highest BCUT2D eigenvalue weighted by Crippen LogP contribution is 2.21. The summed E-state index contributed by atoms with van der Waals surface area (Å²) in [6, 6.07) is 11.6. The number of carboxylic acid groups (broad SMARTS) is 1. The summed E-state index contributed by atoms with van der Waals surface area (Å²) in [7, 11) is 0. The predicted molar refractivity (Wildman–Crippen MR) is 67.6 cm³/mol. The van der Waals surface area contributed by atoms with E-state index in [0.29, 0.717) is 18.5 Å². The van der Waals surface area contributed by atoms with Crippen LogP contribution in [-0.2, 0) is 17.8 Å². The summed E-state index contributed by atoms with van der Waals surface area (Å²) in [6.07, 6.45) is 2.16. The van der Waals surface area contributed by atoms with Crippen molar-refractivity contribution >= 4 is 5.97 Å². The molecule has 0 saturated carbocycles. The zero-order chi connectivity index (χ0) is 13.0. The fourth-order valence-corrected chi connectivity index (χ4v) is 1.85. The molecule has 94 valence electrons. The van der Waals surface area contributed by atoms with E-state index < -0.39 is 5.97 Å². The van der Waals surface area contributed by atoms with Gasteiger partial charge in [-0.15, -0.1) is 0 Å². The van der Waals surface area contributed by atoms with Gasteiger partial charge in [0.25, 0.3) is 0 Å².